The molecule has 1 N–H and O–H groups in total. The topological polar surface area (TPSA) is 70.8 Å². The van der Waals surface area contributed by atoms with Gasteiger partial charge in [0.25, 0.3) is 0 Å². The normalized spacial score (nSPS) is 20.6. The summed E-state index contributed by atoms with van der Waals surface area (Å²) in [4.78, 5) is 8.28. The summed E-state index contributed by atoms with van der Waals surface area (Å²) in [5.41, 5.74) is 2.24. The molecule has 1 heterocycles. The molecule has 0 atom stereocenters. The summed E-state index contributed by atoms with van der Waals surface area (Å²) in [7, 11) is -1.77. The lowest BCUT2D eigenvalue weighted by Gasteiger charge is -2.45. The molecule has 0 aliphatic heterocycles. The van der Waals surface area contributed by atoms with E-state index in [1.807, 2.05) is 0 Å². The van der Waals surface area contributed by atoms with Crippen molar-refractivity contribution in [3.8, 4) is 6.07 Å². The van der Waals surface area contributed by atoms with Gasteiger partial charge in [-0.05, 0) is 35.4 Å². The number of nitriles is 1. The molecular weight excluding hydrogens is 328 g/mol. The zero-order valence-electron chi connectivity index (χ0n) is 16.4. The highest BCUT2D eigenvalue weighted by Gasteiger charge is 2.46. The van der Waals surface area contributed by atoms with Gasteiger partial charge in [-0.1, -0.05) is 41.5 Å². The molecule has 1 aliphatic carbocycles. The number of nitrogens with one attached hydrogen (secondary N) is 1. The van der Waals surface area contributed by atoms with Crippen molar-refractivity contribution in [1.82, 2.24) is 9.97 Å². The fraction of sp³-hybridized carbons (Fsp3) is 0.737. The SMILES string of the molecule is CC(C)[Si](OCC1CC(Nc2nccnc2C#N)C1)(C(C)C)C(C)C. The van der Waals surface area contributed by atoms with Gasteiger partial charge in [0.1, 0.15) is 6.07 Å². The molecule has 0 saturated heterocycles. The Kier molecular flexibility index (Phi) is 6.58. The predicted molar refractivity (Wildman–Crippen MR) is 104 cm³/mol. The van der Waals surface area contributed by atoms with Gasteiger partial charge in [0.15, 0.2) is 19.8 Å². The molecule has 1 saturated carbocycles. The Bertz CT molecular complexity index is 584. The Morgan fingerprint density at radius 2 is 1.68 bits per heavy atom. The van der Waals surface area contributed by atoms with Crippen molar-refractivity contribution in [2.24, 2.45) is 5.92 Å². The Balaban J connectivity index is 1.88. The van der Waals surface area contributed by atoms with Crippen LogP contribution in [0.2, 0.25) is 16.6 Å². The smallest absolute Gasteiger partial charge is 0.200 e. The number of anilines is 1. The summed E-state index contributed by atoms with van der Waals surface area (Å²) in [6.07, 6.45) is 5.31. The van der Waals surface area contributed by atoms with Crippen molar-refractivity contribution in [2.45, 2.75) is 77.0 Å². The second kappa shape index (κ2) is 8.28. The Morgan fingerprint density at radius 3 is 2.20 bits per heavy atom. The molecule has 1 aromatic rings. The van der Waals surface area contributed by atoms with Crippen molar-refractivity contribution in [3.63, 3.8) is 0 Å². The van der Waals surface area contributed by atoms with Crippen LogP contribution >= 0.6 is 0 Å². The van der Waals surface area contributed by atoms with E-state index in [1.54, 1.807) is 12.4 Å². The highest BCUT2D eigenvalue weighted by molar-refractivity contribution is 6.77. The Labute approximate surface area is 153 Å². The third-order valence-corrected chi connectivity index (χ3v) is 11.7. The highest BCUT2D eigenvalue weighted by atomic mass is 28.4. The minimum Gasteiger partial charge on any atom is -0.416 e. The van der Waals surface area contributed by atoms with E-state index in [0.29, 0.717) is 40.1 Å². The van der Waals surface area contributed by atoms with Gasteiger partial charge in [0.2, 0.25) is 0 Å². The van der Waals surface area contributed by atoms with E-state index < -0.39 is 8.32 Å². The standard InChI is InChI=1S/C19H32N4OSi/c1-13(2)25(14(3)4,15(5)6)24-12-16-9-17(10-16)23-19-18(11-20)21-7-8-22-19/h7-8,13-17H,9-10,12H2,1-6H3,(H,22,23). The second-order valence-corrected chi connectivity index (χ2v) is 13.6. The summed E-state index contributed by atoms with van der Waals surface area (Å²) in [6, 6.07) is 2.45. The third kappa shape index (κ3) is 4.21. The Morgan fingerprint density at radius 1 is 1.12 bits per heavy atom. The monoisotopic (exact) mass is 360 g/mol. The van der Waals surface area contributed by atoms with Crippen molar-refractivity contribution in [3.05, 3.63) is 18.1 Å². The maximum atomic E-state index is 9.10. The van der Waals surface area contributed by atoms with Crippen molar-refractivity contribution in [2.75, 3.05) is 11.9 Å². The van der Waals surface area contributed by atoms with E-state index in [0.717, 1.165) is 19.4 Å². The van der Waals surface area contributed by atoms with Gasteiger partial charge in [0.05, 0.1) is 0 Å². The quantitative estimate of drug-likeness (QED) is 0.679. The third-order valence-electron chi connectivity index (χ3n) is 5.66. The fourth-order valence-corrected chi connectivity index (χ4v) is 10.00. The van der Waals surface area contributed by atoms with E-state index >= 15 is 0 Å². The van der Waals surface area contributed by atoms with E-state index in [9.17, 15) is 0 Å². The van der Waals surface area contributed by atoms with Crippen molar-refractivity contribution >= 4 is 14.1 Å². The molecule has 2 rings (SSSR count). The van der Waals surface area contributed by atoms with Crippen molar-refractivity contribution in [1.29, 1.82) is 5.26 Å². The zero-order valence-corrected chi connectivity index (χ0v) is 17.4. The van der Waals surface area contributed by atoms with Crippen LogP contribution in [-0.2, 0) is 4.43 Å². The van der Waals surface area contributed by atoms with Gasteiger partial charge >= 0.3 is 0 Å². The van der Waals surface area contributed by atoms with E-state index in [2.05, 4.69) is 62.9 Å². The summed E-state index contributed by atoms with van der Waals surface area (Å²) in [5, 5.41) is 12.4. The summed E-state index contributed by atoms with van der Waals surface area (Å²) < 4.78 is 6.69. The number of hydrogen-bond donors (Lipinski definition) is 1. The molecule has 0 amide bonds. The van der Waals surface area contributed by atoms with Crippen LogP contribution in [0, 0.1) is 17.2 Å². The van der Waals surface area contributed by atoms with Crippen LogP contribution in [0.25, 0.3) is 0 Å². The molecule has 1 fully saturated rings. The lowest BCUT2D eigenvalue weighted by atomic mass is 9.81. The minimum atomic E-state index is -1.77. The summed E-state index contributed by atoms with van der Waals surface area (Å²) in [6.45, 7) is 14.8. The highest BCUT2D eigenvalue weighted by Crippen LogP contribution is 2.43. The molecule has 1 aliphatic rings. The minimum absolute atomic E-state index is 0.366. The number of aromatic nitrogens is 2. The molecule has 1 aromatic heterocycles. The average Bonchev–Trinajstić information content (AvgIpc) is 2.51. The number of nitrogens with zero attached hydrogens (tertiary/aromatic N) is 3. The molecule has 5 nitrogen and oxygen atoms in total. The van der Waals surface area contributed by atoms with Gasteiger partial charge in [-0.2, -0.15) is 5.26 Å². The van der Waals surface area contributed by atoms with Crippen LogP contribution in [0.3, 0.4) is 0 Å². The number of hydrogen-bond acceptors (Lipinski definition) is 5. The lowest BCUT2D eigenvalue weighted by molar-refractivity contribution is 0.151. The molecule has 6 heteroatoms. The van der Waals surface area contributed by atoms with Crippen LogP contribution < -0.4 is 5.32 Å². The predicted octanol–water partition coefficient (Wildman–Crippen LogP) is 4.73. The van der Waals surface area contributed by atoms with E-state index in [-0.39, 0.29) is 0 Å². The van der Waals surface area contributed by atoms with E-state index in [1.165, 1.54) is 0 Å². The van der Waals surface area contributed by atoms with Gasteiger partial charge in [-0.25, -0.2) is 9.97 Å². The maximum absolute atomic E-state index is 9.10. The van der Waals surface area contributed by atoms with Crippen molar-refractivity contribution < 1.29 is 4.43 Å². The zero-order chi connectivity index (χ0) is 18.6. The number of rotatable bonds is 8. The first-order valence-corrected chi connectivity index (χ1v) is 11.6. The first-order valence-electron chi connectivity index (χ1n) is 9.42. The van der Waals surface area contributed by atoms with Gasteiger partial charge < -0.3 is 9.74 Å². The molecular formula is C19H32N4OSi. The maximum Gasteiger partial charge on any atom is 0.200 e. The van der Waals surface area contributed by atoms with Crippen LogP contribution in [0.5, 0.6) is 0 Å². The molecule has 0 bridgehead atoms. The summed E-state index contributed by atoms with van der Waals surface area (Å²) in [5.74, 6) is 1.20. The lowest BCUT2D eigenvalue weighted by Crippen LogP contribution is -2.50. The first kappa shape index (κ1) is 19.9. The van der Waals surface area contributed by atoms with E-state index in [4.69, 9.17) is 9.69 Å². The largest absolute Gasteiger partial charge is 0.416 e. The van der Waals surface area contributed by atoms with Gasteiger partial charge in [-0.15, -0.1) is 0 Å². The van der Waals surface area contributed by atoms with Crippen LogP contribution in [0.15, 0.2) is 12.4 Å². The molecule has 0 unspecified atom stereocenters. The van der Waals surface area contributed by atoms with Gasteiger partial charge in [-0.3, -0.25) is 0 Å². The molecule has 0 spiro atoms. The molecule has 25 heavy (non-hydrogen) atoms. The summed E-state index contributed by atoms with van der Waals surface area (Å²) >= 11 is 0. The molecule has 138 valence electrons. The van der Waals surface area contributed by atoms with Gasteiger partial charge in [0, 0.05) is 25.0 Å². The average molecular weight is 361 g/mol. The van der Waals surface area contributed by atoms with Crippen LogP contribution in [-0.4, -0.2) is 30.9 Å². The fourth-order valence-electron chi connectivity index (χ4n) is 4.47. The molecule has 0 aromatic carbocycles. The first-order chi connectivity index (χ1) is 11.8. The molecule has 0 radical (unpaired) electrons. The Hall–Kier alpha value is -1.45. The van der Waals surface area contributed by atoms with Crippen LogP contribution in [0.1, 0.15) is 60.1 Å². The van der Waals surface area contributed by atoms with Crippen LogP contribution in [0.4, 0.5) is 5.82 Å². The second-order valence-electron chi connectivity index (χ2n) is 8.17.